The zero-order valence-electron chi connectivity index (χ0n) is 26.3. The summed E-state index contributed by atoms with van der Waals surface area (Å²) in [5.74, 6) is -0.931. The zero-order valence-corrected chi connectivity index (χ0v) is 26.3. The molecule has 0 aromatic heterocycles. The highest BCUT2D eigenvalue weighted by Gasteiger charge is 2.57. The van der Waals surface area contributed by atoms with Crippen LogP contribution in [-0.4, -0.2) is 12.6 Å². The minimum Gasteiger partial charge on any atom is -0.465 e. The standard InChI is InChI=1S/C45H34O2/c1-2-47-44(46)42(33-23-11-5-12-24-33)45(34-25-13-6-14-26-34)41(32-21-9-4-10-22-32)39(31-19-7-3-8-20-31)40-37-29-17-15-27-35(37)36-28-16-18-30-38(36)43(40)45/h3-30,42H,2H2,1H3. The molecule has 2 heteroatoms. The summed E-state index contributed by atoms with van der Waals surface area (Å²) in [7, 11) is 0. The lowest BCUT2D eigenvalue weighted by Crippen LogP contribution is -2.40. The first-order chi connectivity index (χ1) is 23.2. The maximum absolute atomic E-state index is 14.9. The van der Waals surface area contributed by atoms with Crippen molar-refractivity contribution in [2.45, 2.75) is 18.3 Å². The van der Waals surface area contributed by atoms with Crippen LogP contribution in [0, 0.1) is 0 Å². The Bertz CT molecular complexity index is 2250. The first kappa shape index (κ1) is 28.7. The van der Waals surface area contributed by atoms with Crippen molar-refractivity contribution >= 4 is 38.7 Å². The Morgan fingerprint density at radius 3 is 1.62 bits per heavy atom. The molecule has 0 heterocycles. The Balaban J connectivity index is 1.71. The van der Waals surface area contributed by atoms with Crippen molar-refractivity contribution in [3.63, 3.8) is 0 Å². The van der Waals surface area contributed by atoms with Gasteiger partial charge in [-0.3, -0.25) is 4.79 Å². The molecule has 0 N–H and O–H groups in total. The molecule has 0 bridgehead atoms. The van der Waals surface area contributed by atoms with E-state index >= 15 is 0 Å². The van der Waals surface area contributed by atoms with E-state index < -0.39 is 11.3 Å². The van der Waals surface area contributed by atoms with E-state index in [0.717, 1.165) is 44.3 Å². The highest BCUT2D eigenvalue weighted by molar-refractivity contribution is 6.24. The number of esters is 1. The molecule has 0 saturated carbocycles. The number of allylic oxidation sites excluding steroid dienone is 1. The van der Waals surface area contributed by atoms with Crippen LogP contribution in [0.25, 0.3) is 32.7 Å². The summed E-state index contributed by atoms with van der Waals surface area (Å²) >= 11 is 0. The topological polar surface area (TPSA) is 26.3 Å². The van der Waals surface area contributed by atoms with Crippen LogP contribution in [0.5, 0.6) is 0 Å². The van der Waals surface area contributed by atoms with E-state index in [1.165, 1.54) is 21.7 Å². The van der Waals surface area contributed by atoms with Crippen molar-refractivity contribution in [3.8, 4) is 0 Å². The summed E-state index contributed by atoms with van der Waals surface area (Å²) in [6.45, 7) is 2.18. The summed E-state index contributed by atoms with van der Waals surface area (Å²) < 4.78 is 6.10. The summed E-state index contributed by atoms with van der Waals surface area (Å²) in [6.07, 6.45) is 0. The van der Waals surface area contributed by atoms with Gasteiger partial charge < -0.3 is 4.74 Å². The maximum Gasteiger partial charge on any atom is 0.315 e. The summed E-state index contributed by atoms with van der Waals surface area (Å²) in [5.41, 5.74) is 7.74. The molecule has 1 aliphatic rings. The van der Waals surface area contributed by atoms with Gasteiger partial charge in [-0.25, -0.2) is 0 Å². The van der Waals surface area contributed by atoms with E-state index in [4.69, 9.17) is 4.74 Å². The number of carbonyl (C=O) groups excluding carboxylic acids is 1. The van der Waals surface area contributed by atoms with Gasteiger partial charge in [0.05, 0.1) is 17.9 Å². The predicted molar refractivity (Wildman–Crippen MR) is 193 cm³/mol. The molecule has 0 saturated heterocycles. The molecular formula is C45H34O2. The van der Waals surface area contributed by atoms with E-state index in [2.05, 4.69) is 152 Å². The van der Waals surface area contributed by atoms with Crippen molar-refractivity contribution < 1.29 is 9.53 Å². The molecule has 47 heavy (non-hydrogen) atoms. The Morgan fingerprint density at radius 1 is 0.553 bits per heavy atom. The van der Waals surface area contributed by atoms with Crippen LogP contribution < -0.4 is 0 Å². The molecule has 2 unspecified atom stereocenters. The van der Waals surface area contributed by atoms with Crippen molar-refractivity contribution in [2.24, 2.45) is 0 Å². The largest absolute Gasteiger partial charge is 0.465 e. The van der Waals surface area contributed by atoms with Crippen LogP contribution in [0.2, 0.25) is 0 Å². The minimum atomic E-state index is -0.958. The normalized spacial score (nSPS) is 16.3. The Kier molecular flexibility index (Phi) is 7.27. The van der Waals surface area contributed by atoms with Crippen LogP contribution in [0.3, 0.4) is 0 Å². The first-order valence-corrected chi connectivity index (χ1v) is 16.3. The van der Waals surface area contributed by atoms with Gasteiger partial charge in [0.1, 0.15) is 0 Å². The number of fused-ring (bicyclic) bond motifs is 6. The van der Waals surface area contributed by atoms with Gasteiger partial charge >= 0.3 is 5.97 Å². The van der Waals surface area contributed by atoms with Crippen LogP contribution in [0.1, 0.15) is 46.2 Å². The Labute approximate surface area is 275 Å². The second-order valence-electron chi connectivity index (χ2n) is 12.1. The number of rotatable bonds is 7. The van der Waals surface area contributed by atoms with Crippen LogP contribution in [0.15, 0.2) is 170 Å². The molecule has 7 aromatic carbocycles. The molecule has 0 amide bonds. The van der Waals surface area contributed by atoms with Crippen molar-refractivity contribution in [1.82, 2.24) is 0 Å². The monoisotopic (exact) mass is 606 g/mol. The van der Waals surface area contributed by atoms with Crippen molar-refractivity contribution in [2.75, 3.05) is 6.61 Å². The van der Waals surface area contributed by atoms with Gasteiger partial charge in [0.25, 0.3) is 0 Å². The highest BCUT2D eigenvalue weighted by atomic mass is 16.5. The third-order valence-corrected chi connectivity index (χ3v) is 9.66. The van der Waals surface area contributed by atoms with Crippen LogP contribution >= 0.6 is 0 Å². The Hall–Kier alpha value is -5.73. The SMILES string of the molecule is CCOC(=O)C(c1ccccc1)C1(c2ccccc2)C(c2ccccc2)=C(c2ccccc2)c2c1c1ccccc1c1ccccc21. The molecule has 0 fully saturated rings. The predicted octanol–water partition coefficient (Wildman–Crippen LogP) is 10.6. The molecule has 0 radical (unpaired) electrons. The fraction of sp³-hybridized carbons (Fsp3) is 0.0889. The Morgan fingerprint density at radius 2 is 1.02 bits per heavy atom. The molecule has 2 nitrogen and oxygen atoms in total. The fourth-order valence-electron chi connectivity index (χ4n) is 8.01. The maximum atomic E-state index is 14.9. The minimum absolute atomic E-state index is 0.242. The quantitative estimate of drug-likeness (QED) is 0.133. The summed E-state index contributed by atoms with van der Waals surface area (Å²) in [6, 6.07) is 59.6. The van der Waals surface area contributed by atoms with Gasteiger partial charge in [0, 0.05) is 0 Å². The number of hydrogen-bond acceptors (Lipinski definition) is 2. The average molecular weight is 607 g/mol. The van der Waals surface area contributed by atoms with Crippen LogP contribution in [-0.2, 0) is 14.9 Å². The van der Waals surface area contributed by atoms with Gasteiger partial charge in [-0.05, 0) is 73.0 Å². The third-order valence-electron chi connectivity index (χ3n) is 9.66. The highest BCUT2D eigenvalue weighted by Crippen LogP contribution is 2.65. The lowest BCUT2D eigenvalue weighted by molar-refractivity contribution is -0.146. The zero-order chi connectivity index (χ0) is 31.8. The van der Waals surface area contributed by atoms with Gasteiger partial charge in [0.15, 0.2) is 0 Å². The average Bonchev–Trinajstić information content (AvgIpc) is 3.46. The molecule has 7 aromatic rings. The molecule has 2 atom stereocenters. The van der Waals surface area contributed by atoms with E-state index in [0.29, 0.717) is 0 Å². The number of ether oxygens (including phenoxy) is 1. The second-order valence-corrected chi connectivity index (χ2v) is 12.1. The van der Waals surface area contributed by atoms with E-state index in [1.807, 2.05) is 25.1 Å². The molecule has 8 rings (SSSR count). The van der Waals surface area contributed by atoms with Crippen LogP contribution in [0.4, 0.5) is 0 Å². The number of benzene rings is 7. The summed E-state index contributed by atoms with van der Waals surface area (Å²) in [4.78, 5) is 14.9. The number of carbonyl (C=O) groups is 1. The molecule has 1 aliphatic carbocycles. The first-order valence-electron chi connectivity index (χ1n) is 16.3. The smallest absolute Gasteiger partial charge is 0.315 e. The lowest BCUT2D eigenvalue weighted by Gasteiger charge is -2.42. The van der Waals surface area contributed by atoms with E-state index in [9.17, 15) is 4.79 Å². The second kappa shape index (κ2) is 11.9. The molecule has 226 valence electrons. The third kappa shape index (κ3) is 4.44. The molecule has 0 aliphatic heterocycles. The lowest BCUT2D eigenvalue weighted by atomic mass is 9.59. The van der Waals surface area contributed by atoms with Gasteiger partial charge in [0.2, 0.25) is 0 Å². The van der Waals surface area contributed by atoms with Gasteiger partial charge in [-0.15, -0.1) is 0 Å². The molecular weight excluding hydrogens is 572 g/mol. The van der Waals surface area contributed by atoms with E-state index in [1.54, 1.807) is 0 Å². The number of hydrogen-bond donors (Lipinski definition) is 0. The van der Waals surface area contributed by atoms with Gasteiger partial charge in [-0.2, -0.15) is 0 Å². The van der Waals surface area contributed by atoms with Gasteiger partial charge in [-0.1, -0.05) is 170 Å². The summed E-state index contributed by atoms with van der Waals surface area (Å²) in [5, 5.41) is 4.66. The molecule has 0 spiro atoms. The van der Waals surface area contributed by atoms with Crippen molar-refractivity contribution in [1.29, 1.82) is 0 Å². The van der Waals surface area contributed by atoms with Crippen molar-refractivity contribution in [3.05, 3.63) is 203 Å². The van der Waals surface area contributed by atoms with E-state index in [-0.39, 0.29) is 12.6 Å². The fourth-order valence-corrected chi connectivity index (χ4v) is 8.01.